The molecule has 368 valence electrons. The summed E-state index contributed by atoms with van der Waals surface area (Å²) in [5, 5.41) is 19.9. The Bertz CT molecular complexity index is 1820. The number of hydroxylamine groups is 4. The van der Waals surface area contributed by atoms with Crippen LogP contribution in [0, 0.1) is 35.3 Å². The van der Waals surface area contributed by atoms with Gasteiger partial charge in [-0.05, 0) is 89.7 Å². The van der Waals surface area contributed by atoms with Crippen molar-refractivity contribution in [3.8, 4) is 0 Å². The number of piperazine rings is 2. The van der Waals surface area contributed by atoms with E-state index in [1.807, 2.05) is 37.7 Å². The summed E-state index contributed by atoms with van der Waals surface area (Å²) in [6, 6.07) is 0.333. The summed E-state index contributed by atoms with van der Waals surface area (Å²) in [5.41, 5.74) is 10.00. The third-order valence-corrected chi connectivity index (χ3v) is 14.2. The van der Waals surface area contributed by atoms with Crippen molar-refractivity contribution < 1.29 is 38.4 Å². The zero-order chi connectivity index (χ0) is 48.2. The van der Waals surface area contributed by atoms with Gasteiger partial charge < -0.3 is 9.80 Å². The maximum atomic E-state index is 15.3. The quantitative estimate of drug-likeness (QED) is 0.0521. The molecule has 4 amide bonds. The summed E-state index contributed by atoms with van der Waals surface area (Å²) in [7, 11) is 4.04. The number of hydrogen-bond donors (Lipinski definition) is 6. The summed E-state index contributed by atoms with van der Waals surface area (Å²) in [6.07, 6.45) is 9.99. The van der Waals surface area contributed by atoms with Gasteiger partial charge >= 0.3 is 0 Å². The molecule has 2 saturated heterocycles. The minimum atomic E-state index is -0.715. The van der Waals surface area contributed by atoms with Gasteiger partial charge in [-0.3, -0.25) is 61.1 Å². The van der Waals surface area contributed by atoms with E-state index in [0.717, 1.165) is 64.5 Å². The molecule has 24 heteroatoms. The minimum absolute atomic E-state index is 0.0127. The second kappa shape index (κ2) is 24.5. The van der Waals surface area contributed by atoms with Crippen molar-refractivity contribution in [3.05, 3.63) is 22.2 Å². The van der Waals surface area contributed by atoms with Gasteiger partial charge in [0.1, 0.15) is 0 Å². The molecule has 2 aliphatic heterocycles. The van der Waals surface area contributed by atoms with Crippen molar-refractivity contribution >= 4 is 71.1 Å². The first kappa shape index (κ1) is 52.5. The number of halogens is 4. The molecule has 6 N–H and O–H groups in total. The molecule has 4 fully saturated rings. The molecule has 4 heterocycles. The molecule has 0 unspecified atom stereocenters. The van der Waals surface area contributed by atoms with Crippen LogP contribution in [-0.4, -0.2) is 152 Å². The molecule has 4 aliphatic rings. The zero-order valence-electron chi connectivity index (χ0n) is 38.6. The Labute approximate surface area is 395 Å². The number of amides is 4. The molecule has 0 spiro atoms. The highest BCUT2D eigenvalue weighted by atomic mass is 35.5. The van der Waals surface area contributed by atoms with E-state index in [-0.39, 0.29) is 83.9 Å². The van der Waals surface area contributed by atoms with Crippen LogP contribution in [0.3, 0.4) is 0 Å². The molecule has 66 heavy (non-hydrogen) atoms. The SMILES string of the molecule is C[C@@H]1[C@H](C)N(c2nc(Cl)nc(NNC(=O)[C@H](CC3CCCC3)CN(O)C=O)c2F)CCN1C.C[C@@H]1[C@H](C)N(c2nc(Cl)nc(NNC(=O)[C@H](CC3CCCC3)CN(O)C=O)c2F)CCN1C. The second-order valence-electron chi connectivity index (χ2n) is 18.1. The summed E-state index contributed by atoms with van der Waals surface area (Å²) in [6.45, 7) is 10.4. The minimum Gasteiger partial charge on any atom is -0.348 e. The lowest BCUT2D eigenvalue weighted by Crippen LogP contribution is -2.56. The van der Waals surface area contributed by atoms with E-state index in [9.17, 15) is 29.6 Å². The molecule has 6 atom stereocenters. The Balaban J connectivity index is 0.000000247. The predicted molar refractivity (Wildman–Crippen MR) is 245 cm³/mol. The Hall–Kier alpha value is -4.48. The van der Waals surface area contributed by atoms with Gasteiger partial charge in [0.2, 0.25) is 46.8 Å². The third-order valence-electron chi connectivity index (χ3n) is 13.9. The van der Waals surface area contributed by atoms with E-state index in [4.69, 9.17) is 23.2 Å². The standard InChI is InChI=1S/2C21H33ClFN7O3/c2*1-13-14(2)30(9-8-28(13)3)19-17(23)18(24-21(22)25-19)26-27-20(32)16(11-29(33)12-31)10-15-6-4-5-7-15/h2*12-16,33H,4-11H2,1-3H3,(H,27,32)(H,24,25,26)/t2*13-,14+,16-/m11/s1. The van der Waals surface area contributed by atoms with Gasteiger partial charge in [0, 0.05) is 50.3 Å². The van der Waals surface area contributed by atoms with Gasteiger partial charge in [-0.15, -0.1) is 0 Å². The first-order valence-electron chi connectivity index (χ1n) is 22.7. The number of nitrogens with one attached hydrogen (secondary N) is 4. The first-order chi connectivity index (χ1) is 31.4. The van der Waals surface area contributed by atoms with Crippen molar-refractivity contribution in [2.75, 3.05) is 74.0 Å². The van der Waals surface area contributed by atoms with Crippen LogP contribution in [0.2, 0.25) is 10.6 Å². The van der Waals surface area contributed by atoms with Gasteiger partial charge in [-0.1, -0.05) is 51.4 Å². The smallest absolute Gasteiger partial charge is 0.243 e. The van der Waals surface area contributed by atoms with Crippen LogP contribution in [0.4, 0.5) is 32.1 Å². The molecule has 0 radical (unpaired) electrons. The van der Waals surface area contributed by atoms with Gasteiger partial charge in [0.05, 0.1) is 24.9 Å². The number of likely N-dealkylation sites (N-methyl/N-ethyl adjacent to an activating group) is 2. The van der Waals surface area contributed by atoms with Gasteiger partial charge in [-0.2, -0.15) is 28.7 Å². The highest BCUT2D eigenvalue weighted by Gasteiger charge is 2.35. The first-order valence-corrected chi connectivity index (χ1v) is 23.5. The average molecular weight is 972 g/mol. The lowest BCUT2D eigenvalue weighted by atomic mass is 9.92. The fourth-order valence-electron chi connectivity index (χ4n) is 9.37. The van der Waals surface area contributed by atoms with Crippen LogP contribution in [0.15, 0.2) is 0 Å². The molecule has 2 aromatic heterocycles. The summed E-state index contributed by atoms with van der Waals surface area (Å²) in [4.78, 5) is 71.4. The Kier molecular flexibility index (Phi) is 19.5. The predicted octanol–water partition coefficient (Wildman–Crippen LogP) is 4.57. The molecule has 20 nitrogen and oxygen atoms in total. The topological polar surface area (TPSA) is 228 Å². The van der Waals surface area contributed by atoms with Crippen LogP contribution < -0.4 is 31.5 Å². The van der Waals surface area contributed by atoms with E-state index in [1.165, 1.54) is 0 Å². The summed E-state index contributed by atoms with van der Waals surface area (Å²) >= 11 is 12.2. The maximum absolute atomic E-state index is 15.3. The van der Waals surface area contributed by atoms with E-state index in [0.29, 0.717) is 47.9 Å². The van der Waals surface area contributed by atoms with Gasteiger partial charge in [-0.25, -0.2) is 10.1 Å². The molecular formula is C42H66Cl2F2N14O6. The van der Waals surface area contributed by atoms with Crippen molar-refractivity contribution in [3.63, 3.8) is 0 Å². The van der Waals surface area contributed by atoms with E-state index < -0.39 is 35.3 Å². The van der Waals surface area contributed by atoms with Crippen molar-refractivity contribution in [1.29, 1.82) is 0 Å². The number of aromatic nitrogens is 4. The van der Waals surface area contributed by atoms with Gasteiger partial charge in [0.15, 0.2) is 23.3 Å². The summed E-state index contributed by atoms with van der Waals surface area (Å²) in [5.74, 6) is -3.34. The fourth-order valence-corrected chi connectivity index (χ4v) is 9.70. The Morgan fingerprint density at radius 2 is 1.00 bits per heavy atom. The normalized spacial score (nSPS) is 22.8. The van der Waals surface area contributed by atoms with Crippen LogP contribution in [0.1, 0.15) is 91.9 Å². The molecule has 0 aromatic carbocycles. The monoisotopic (exact) mass is 970 g/mol. The number of carbonyl (C=O) groups excluding carboxylic acids is 4. The number of carbonyl (C=O) groups is 4. The van der Waals surface area contributed by atoms with Crippen molar-refractivity contribution in [2.24, 2.45) is 23.7 Å². The largest absolute Gasteiger partial charge is 0.348 e. The fraction of sp³-hybridized carbons (Fsp3) is 0.714. The average Bonchev–Trinajstić information content (AvgIpc) is 4.02. The van der Waals surface area contributed by atoms with Crippen molar-refractivity contribution in [2.45, 2.75) is 116 Å². The lowest BCUT2D eigenvalue weighted by molar-refractivity contribution is -0.155. The molecule has 2 aromatic rings. The van der Waals surface area contributed by atoms with Crippen molar-refractivity contribution in [1.82, 2.24) is 50.7 Å². The van der Waals surface area contributed by atoms with E-state index >= 15 is 8.78 Å². The van der Waals surface area contributed by atoms with Crippen LogP contribution in [0.5, 0.6) is 0 Å². The lowest BCUT2D eigenvalue weighted by Gasteiger charge is -2.44. The highest BCUT2D eigenvalue weighted by molar-refractivity contribution is 6.28. The molecule has 2 aliphatic carbocycles. The molecule has 2 saturated carbocycles. The van der Waals surface area contributed by atoms with E-state index in [2.05, 4.69) is 65.3 Å². The Morgan fingerprint density at radius 3 is 1.33 bits per heavy atom. The molecule has 0 bridgehead atoms. The summed E-state index contributed by atoms with van der Waals surface area (Å²) < 4.78 is 30.7. The van der Waals surface area contributed by atoms with Crippen LogP contribution in [0.25, 0.3) is 0 Å². The van der Waals surface area contributed by atoms with Crippen LogP contribution >= 0.6 is 23.2 Å². The number of hydrazine groups is 2. The zero-order valence-corrected chi connectivity index (χ0v) is 40.1. The number of rotatable bonds is 18. The number of hydrogen-bond acceptors (Lipinski definition) is 16. The molecular weight excluding hydrogens is 905 g/mol. The third kappa shape index (κ3) is 13.8. The number of anilines is 4. The molecule has 6 rings (SSSR count). The Morgan fingerprint density at radius 1 is 0.652 bits per heavy atom. The highest BCUT2D eigenvalue weighted by Crippen LogP contribution is 2.34. The maximum Gasteiger partial charge on any atom is 0.243 e. The van der Waals surface area contributed by atoms with Gasteiger partial charge in [0.25, 0.3) is 0 Å². The van der Waals surface area contributed by atoms with E-state index in [1.54, 1.807) is 0 Å². The number of nitrogens with zero attached hydrogens (tertiary/aromatic N) is 10. The second-order valence-corrected chi connectivity index (χ2v) is 18.8. The van der Waals surface area contributed by atoms with Crippen LogP contribution in [-0.2, 0) is 19.2 Å².